The first kappa shape index (κ1) is 30.5. The average Bonchev–Trinajstić information content (AvgIpc) is 2.89. The van der Waals surface area contributed by atoms with E-state index >= 15 is 0 Å². The fourth-order valence-corrected chi connectivity index (χ4v) is 3.98. The number of carbonyl (C=O) groups excluding carboxylic acids is 1. The lowest BCUT2D eigenvalue weighted by Gasteiger charge is -2.37. The molecule has 0 radical (unpaired) electrons. The first-order chi connectivity index (χ1) is 17.6. The largest absolute Gasteiger partial charge is 0.494 e. The molecule has 0 saturated heterocycles. The summed E-state index contributed by atoms with van der Waals surface area (Å²) in [5.41, 5.74) is 2.93. The summed E-state index contributed by atoms with van der Waals surface area (Å²) in [6.45, 7) is 16.4. The Bertz CT molecular complexity index is 963. The van der Waals surface area contributed by atoms with Crippen LogP contribution < -0.4 is 4.74 Å². The second-order valence-corrected chi connectivity index (χ2v) is 11.6. The van der Waals surface area contributed by atoms with E-state index in [9.17, 15) is 4.79 Å². The lowest BCUT2D eigenvalue weighted by Crippen LogP contribution is -2.35. The molecule has 0 amide bonds. The summed E-state index contributed by atoms with van der Waals surface area (Å²) in [6, 6.07) is 15.6. The predicted octanol–water partition coefficient (Wildman–Crippen LogP) is 9.77. The van der Waals surface area contributed by atoms with Crippen molar-refractivity contribution in [2.24, 2.45) is 27.0 Å². The van der Waals surface area contributed by atoms with Gasteiger partial charge in [0.15, 0.2) is 0 Å². The van der Waals surface area contributed by atoms with Crippen molar-refractivity contribution in [3.05, 3.63) is 54.1 Å². The molecule has 2 aromatic carbocycles. The molecule has 1 atom stereocenters. The first-order valence-corrected chi connectivity index (χ1v) is 13.9. The monoisotopic (exact) mass is 508 g/mol. The van der Waals surface area contributed by atoms with Gasteiger partial charge in [0.2, 0.25) is 0 Å². The van der Waals surface area contributed by atoms with Crippen molar-refractivity contribution in [3.8, 4) is 5.75 Å². The minimum Gasteiger partial charge on any atom is -0.494 e. The number of rotatable bonds is 16. The lowest BCUT2D eigenvalue weighted by molar-refractivity contribution is -0.154. The maximum atomic E-state index is 12.9. The average molecular weight is 509 g/mol. The fraction of sp³-hybridized carbons (Fsp3) is 0.594. The number of unbranched alkanes of at least 4 members (excludes halogenated alkanes) is 3. The van der Waals surface area contributed by atoms with Gasteiger partial charge in [-0.05, 0) is 86.3 Å². The number of aryl methyl sites for hydroxylation is 1. The van der Waals surface area contributed by atoms with Gasteiger partial charge in [-0.3, -0.25) is 4.79 Å². The number of esters is 1. The third-order valence-corrected chi connectivity index (χ3v) is 7.56. The molecule has 204 valence electrons. The number of hydrogen-bond donors (Lipinski definition) is 0. The van der Waals surface area contributed by atoms with Crippen LogP contribution in [0.5, 0.6) is 5.75 Å². The Hall–Kier alpha value is -2.69. The fourth-order valence-electron chi connectivity index (χ4n) is 3.98. The molecule has 0 bridgehead atoms. The third kappa shape index (κ3) is 11.1. The van der Waals surface area contributed by atoms with Gasteiger partial charge in [0, 0.05) is 0 Å². The Morgan fingerprint density at radius 2 is 1.32 bits per heavy atom. The molecule has 2 aromatic rings. The van der Waals surface area contributed by atoms with Gasteiger partial charge < -0.3 is 9.47 Å². The molecule has 1 unspecified atom stereocenters. The number of hydrogen-bond acceptors (Lipinski definition) is 5. The van der Waals surface area contributed by atoms with Crippen LogP contribution in [-0.4, -0.2) is 19.2 Å². The normalized spacial score (nSPS) is 13.1. The van der Waals surface area contributed by atoms with Gasteiger partial charge in [-0.1, -0.05) is 72.1 Å². The maximum absolute atomic E-state index is 12.9. The lowest BCUT2D eigenvalue weighted by atomic mass is 9.68. The summed E-state index contributed by atoms with van der Waals surface area (Å²) < 4.78 is 11.6. The van der Waals surface area contributed by atoms with Crippen molar-refractivity contribution in [2.75, 3.05) is 13.2 Å². The topological polar surface area (TPSA) is 60.2 Å². The molecule has 5 heteroatoms. The van der Waals surface area contributed by atoms with Crippen LogP contribution >= 0.6 is 0 Å². The van der Waals surface area contributed by atoms with E-state index in [1.54, 1.807) is 0 Å². The van der Waals surface area contributed by atoms with Crippen LogP contribution in [0, 0.1) is 23.7 Å². The van der Waals surface area contributed by atoms with Crippen LogP contribution in [0.25, 0.3) is 0 Å². The molecule has 0 aromatic heterocycles. The quantitative estimate of drug-likeness (QED) is 0.129. The van der Waals surface area contributed by atoms with Crippen LogP contribution in [0.15, 0.2) is 58.8 Å². The Kier molecular flexibility index (Phi) is 12.3. The summed E-state index contributed by atoms with van der Waals surface area (Å²) >= 11 is 0. The molecule has 0 saturated carbocycles. The number of azo groups is 1. The smallest absolute Gasteiger partial charge is 0.309 e. The number of nitrogens with zero attached hydrogens (tertiary/aromatic N) is 2. The van der Waals surface area contributed by atoms with Gasteiger partial charge in [-0.25, -0.2) is 0 Å². The van der Waals surface area contributed by atoms with Gasteiger partial charge >= 0.3 is 5.97 Å². The Morgan fingerprint density at radius 3 is 1.86 bits per heavy atom. The summed E-state index contributed by atoms with van der Waals surface area (Å²) in [4.78, 5) is 12.9. The number of ether oxygens (including phenoxy) is 2. The Morgan fingerprint density at radius 1 is 0.784 bits per heavy atom. The van der Waals surface area contributed by atoms with Crippen LogP contribution in [-0.2, 0) is 9.53 Å². The molecule has 0 spiro atoms. The highest BCUT2D eigenvalue weighted by molar-refractivity contribution is 5.73. The van der Waals surface area contributed by atoms with E-state index in [4.69, 9.17) is 9.47 Å². The summed E-state index contributed by atoms with van der Waals surface area (Å²) in [7, 11) is 0. The Balaban J connectivity index is 1.64. The first-order valence-electron chi connectivity index (χ1n) is 13.9. The highest BCUT2D eigenvalue weighted by Crippen LogP contribution is 2.40. The van der Waals surface area contributed by atoms with E-state index in [0.29, 0.717) is 13.2 Å². The minimum absolute atomic E-state index is 0.0291. The molecular formula is C32H48N2O3. The van der Waals surface area contributed by atoms with E-state index in [1.165, 1.54) is 5.56 Å². The van der Waals surface area contributed by atoms with Gasteiger partial charge in [-0.2, -0.15) is 10.2 Å². The zero-order valence-electron chi connectivity index (χ0n) is 24.2. The minimum atomic E-state index is -0.0590. The van der Waals surface area contributed by atoms with Gasteiger partial charge in [0.05, 0.1) is 30.5 Å². The van der Waals surface area contributed by atoms with Gasteiger partial charge in [0.25, 0.3) is 0 Å². The molecular weight excluding hydrogens is 460 g/mol. The van der Waals surface area contributed by atoms with Gasteiger partial charge in [-0.15, -0.1) is 0 Å². The SMILES string of the molecule is CCC(C)(C)CC(C(=O)OCCCCCCOc1ccc(/N=N/c2ccc(C)cc2)cc1)C(C)(C)CC. The second-order valence-electron chi connectivity index (χ2n) is 11.6. The summed E-state index contributed by atoms with van der Waals surface area (Å²) in [5, 5.41) is 8.55. The molecule has 2 rings (SSSR count). The van der Waals surface area contributed by atoms with Crippen molar-refractivity contribution in [1.82, 2.24) is 0 Å². The van der Waals surface area contributed by atoms with E-state index in [1.807, 2.05) is 48.5 Å². The zero-order chi connectivity index (χ0) is 27.3. The molecule has 0 aliphatic heterocycles. The number of carbonyl (C=O) groups is 1. The summed E-state index contributed by atoms with van der Waals surface area (Å²) in [6.07, 6.45) is 6.83. The van der Waals surface area contributed by atoms with Crippen molar-refractivity contribution in [1.29, 1.82) is 0 Å². The van der Waals surface area contributed by atoms with E-state index in [-0.39, 0.29) is 22.7 Å². The molecule has 37 heavy (non-hydrogen) atoms. The third-order valence-electron chi connectivity index (χ3n) is 7.56. The molecule has 5 nitrogen and oxygen atoms in total. The molecule has 0 aliphatic rings. The number of benzene rings is 2. The van der Waals surface area contributed by atoms with Crippen molar-refractivity contribution >= 4 is 17.3 Å². The van der Waals surface area contributed by atoms with Crippen LogP contribution in [0.2, 0.25) is 0 Å². The predicted molar refractivity (Wildman–Crippen MR) is 153 cm³/mol. The van der Waals surface area contributed by atoms with Gasteiger partial charge in [0.1, 0.15) is 5.75 Å². The van der Waals surface area contributed by atoms with Crippen LogP contribution in [0.4, 0.5) is 11.4 Å². The van der Waals surface area contributed by atoms with E-state index in [0.717, 1.165) is 62.1 Å². The highest BCUT2D eigenvalue weighted by atomic mass is 16.5. The zero-order valence-corrected chi connectivity index (χ0v) is 24.2. The molecule has 0 heterocycles. The second kappa shape index (κ2) is 14.9. The maximum Gasteiger partial charge on any atom is 0.309 e. The molecule has 0 N–H and O–H groups in total. The molecule has 0 aliphatic carbocycles. The highest BCUT2D eigenvalue weighted by Gasteiger charge is 2.38. The van der Waals surface area contributed by atoms with Crippen molar-refractivity contribution < 1.29 is 14.3 Å². The van der Waals surface area contributed by atoms with Crippen LogP contribution in [0.1, 0.15) is 92.1 Å². The van der Waals surface area contributed by atoms with Crippen LogP contribution in [0.3, 0.4) is 0 Å². The van der Waals surface area contributed by atoms with E-state index < -0.39 is 0 Å². The van der Waals surface area contributed by atoms with Crippen molar-refractivity contribution in [3.63, 3.8) is 0 Å². The van der Waals surface area contributed by atoms with Crippen molar-refractivity contribution in [2.45, 2.75) is 93.4 Å². The van der Waals surface area contributed by atoms with E-state index in [2.05, 4.69) is 58.7 Å². The summed E-state index contributed by atoms with van der Waals surface area (Å²) in [5.74, 6) is 0.748. The standard InChI is InChI=1S/C32H48N2O3/c1-8-31(4,5)24-29(32(6,7)9-2)30(35)37-23-13-11-10-12-22-36-28-20-18-27(19-21-28)34-33-26-16-14-25(3)15-17-26/h14-21,29H,8-13,22-24H2,1-7H3/b34-33+. The molecule has 0 fully saturated rings. The Labute approximate surface area is 225 Å².